The highest BCUT2D eigenvalue weighted by molar-refractivity contribution is 7.89. The molecule has 0 saturated carbocycles. The molecule has 0 atom stereocenters. The molecule has 5 nitrogen and oxygen atoms in total. The van der Waals surface area contributed by atoms with E-state index in [1.807, 2.05) is 13.8 Å². The van der Waals surface area contributed by atoms with Gasteiger partial charge in [-0.15, -0.1) is 0 Å². The molecule has 0 bridgehead atoms. The van der Waals surface area contributed by atoms with E-state index in [1.54, 1.807) is 26.0 Å². The molecular formula is C13H22N2O3S. The number of hydrogen-bond acceptors (Lipinski definition) is 4. The third-order valence-electron chi connectivity index (χ3n) is 2.43. The lowest BCUT2D eigenvalue weighted by atomic mass is 10.1. The fraction of sp³-hybridized carbons (Fsp3) is 0.538. The molecule has 0 radical (unpaired) electrons. The molecule has 1 rings (SSSR count). The highest BCUT2D eigenvalue weighted by atomic mass is 32.2. The Morgan fingerprint density at radius 1 is 1.26 bits per heavy atom. The minimum atomic E-state index is -3.56. The average Bonchev–Trinajstić information content (AvgIpc) is 2.27. The van der Waals surface area contributed by atoms with Gasteiger partial charge in [-0.1, -0.05) is 0 Å². The first-order chi connectivity index (χ1) is 8.66. The number of sulfonamides is 1. The van der Waals surface area contributed by atoms with Crippen molar-refractivity contribution in [2.45, 2.75) is 44.2 Å². The predicted octanol–water partition coefficient (Wildman–Crippen LogP) is 1.49. The zero-order valence-electron chi connectivity index (χ0n) is 11.8. The van der Waals surface area contributed by atoms with Gasteiger partial charge in [0.05, 0.1) is 11.0 Å². The standard InChI is InChI=1S/C13H22N2O3S/c1-10(2)18-11-5-7-12(8-6-11)19(16,17)15-13(3,4)9-14/h5-8,10,15H,9,14H2,1-4H3. The van der Waals surface area contributed by atoms with E-state index in [9.17, 15) is 8.42 Å². The molecule has 0 spiro atoms. The monoisotopic (exact) mass is 286 g/mol. The minimum absolute atomic E-state index is 0.0526. The first-order valence-corrected chi connectivity index (χ1v) is 7.65. The Labute approximate surface area is 115 Å². The van der Waals surface area contributed by atoms with Gasteiger partial charge < -0.3 is 10.5 Å². The van der Waals surface area contributed by atoms with Crippen molar-refractivity contribution < 1.29 is 13.2 Å². The molecule has 3 N–H and O–H groups in total. The molecule has 0 aliphatic carbocycles. The van der Waals surface area contributed by atoms with Crippen LogP contribution in [0.5, 0.6) is 5.75 Å². The van der Waals surface area contributed by atoms with E-state index >= 15 is 0 Å². The molecule has 6 heteroatoms. The molecule has 0 unspecified atom stereocenters. The van der Waals surface area contributed by atoms with Crippen LogP contribution in [0.4, 0.5) is 0 Å². The second-order valence-corrected chi connectivity index (χ2v) is 7.01. The van der Waals surface area contributed by atoms with Crippen molar-refractivity contribution in [3.63, 3.8) is 0 Å². The van der Waals surface area contributed by atoms with Crippen LogP contribution < -0.4 is 15.2 Å². The Kier molecular flexibility index (Phi) is 4.95. The summed E-state index contributed by atoms with van der Waals surface area (Å²) in [6.45, 7) is 7.52. The molecule has 0 aliphatic heterocycles. The summed E-state index contributed by atoms with van der Waals surface area (Å²) >= 11 is 0. The highest BCUT2D eigenvalue weighted by Gasteiger charge is 2.24. The third-order valence-corrected chi connectivity index (χ3v) is 4.14. The quantitative estimate of drug-likeness (QED) is 0.830. The number of nitrogens with two attached hydrogens (primary N) is 1. The van der Waals surface area contributed by atoms with Crippen LogP contribution in [-0.2, 0) is 10.0 Å². The van der Waals surface area contributed by atoms with E-state index in [2.05, 4.69) is 4.72 Å². The van der Waals surface area contributed by atoms with Crippen molar-refractivity contribution in [2.24, 2.45) is 5.73 Å². The van der Waals surface area contributed by atoms with Gasteiger partial charge in [-0.3, -0.25) is 0 Å². The Balaban J connectivity index is 2.91. The first-order valence-electron chi connectivity index (χ1n) is 6.17. The maximum atomic E-state index is 12.1. The summed E-state index contributed by atoms with van der Waals surface area (Å²) in [4.78, 5) is 0.199. The van der Waals surface area contributed by atoms with Gasteiger partial charge in [-0.05, 0) is 52.0 Å². The molecular weight excluding hydrogens is 264 g/mol. The normalized spacial score (nSPS) is 12.7. The third kappa shape index (κ3) is 4.81. The molecule has 0 fully saturated rings. The summed E-state index contributed by atoms with van der Waals surface area (Å²) in [5.41, 5.74) is 4.85. The van der Waals surface area contributed by atoms with Gasteiger partial charge >= 0.3 is 0 Å². The second kappa shape index (κ2) is 5.90. The molecule has 1 aromatic rings. The largest absolute Gasteiger partial charge is 0.491 e. The molecule has 0 amide bonds. The van der Waals surface area contributed by atoms with Crippen molar-refractivity contribution in [3.05, 3.63) is 24.3 Å². The number of nitrogens with one attached hydrogen (secondary N) is 1. The number of rotatable bonds is 6. The van der Waals surface area contributed by atoms with Gasteiger partial charge in [0.1, 0.15) is 5.75 Å². The number of ether oxygens (including phenoxy) is 1. The summed E-state index contributed by atoms with van der Waals surface area (Å²) in [7, 11) is -3.56. The Hall–Kier alpha value is -1.11. The fourth-order valence-corrected chi connectivity index (χ4v) is 2.86. The van der Waals surface area contributed by atoms with Crippen LogP contribution in [0.15, 0.2) is 29.2 Å². The van der Waals surface area contributed by atoms with Crippen LogP contribution in [-0.4, -0.2) is 26.6 Å². The number of benzene rings is 1. The summed E-state index contributed by atoms with van der Waals surface area (Å²) < 4.78 is 32.3. The summed E-state index contributed by atoms with van der Waals surface area (Å²) in [6.07, 6.45) is 0.0526. The summed E-state index contributed by atoms with van der Waals surface area (Å²) in [5, 5.41) is 0. The maximum absolute atomic E-state index is 12.1. The van der Waals surface area contributed by atoms with Gasteiger partial charge in [0.2, 0.25) is 10.0 Å². The molecule has 0 saturated heterocycles. The van der Waals surface area contributed by atoms with Crippen molar-refractivity contribution in [2.75, 3.05) is 6.54 Å². The van der Waals surface area contributed by atoms with Gasteiger partial charge in [-0.25, -0.2) is 13.1 Å². The first kappa shape index (κ1) is 15.9. The van der Waals surface area contributed by atoms with E-state index < -0.39 is 15.6 Å². The number of hydrogen-bond donors (Lipinski definition) is 2. The lowest BCUT2D eigenvalue weighted by molar-refractivity contribution is 0.242. The van der Waals surface area contributed by atoms with Gasteiger partial charge in [0, 0.05) is 12.1 Å². The van der Waals surface area contributed by atoms with Crippen LogP contribution in [0.3, 0.4) is 0 Å². The Bertz CT molecular complexity index is 507. The second-order valence-electron chi connectivity index (χ2n) is 5.33. The van der Waals surface area contributed by atoms with Crippen LogP contribution in [0.1, 0.15) is 27.7 Å². The smallest absolute Gasteiger partial charge is 0.241 e. The van der Waals surface area contributed by atoms with Crippen LogP contribution >= 0.6 is 0 Å². The van der Waals surface area contributed by atoms with E-state index in [0.29, 0.717) is 5.75 Å². The van der Waals surface area contributed by atoms with Crippen LogP contribution in [0, 0.1) is 0 Å². The zero-order chi connectivity index (χ0) is 14.7. The average molecular weight is 286 g/mol. The van der Waals surface area contributed by atoms with Crippen molar-refractivity contribution >= 4 is 10.0 Å². The lowest BCUT2D eigenvalue weighted by Crippen LogP contribution is -2.48. The van der Waals surface area contributed by atoms with Gasteiger partial charge in [-0.2, -0.15) is 0 Å². The molecule has 0 heterocycles. The fourth-order valence-electron chi connectivity index (χ4n) is 1.43. The van der Waals surface area contributed by atoms with Crippen molar-refractivity contribution in [1.29, 1.82) is 0 Å². The SMILES string of the molecule is CC(C)Oc1ccc(S(=O)(=O)NC(C)(C)CN)cc1. The van der Waals surface area contributed by atoms with Crippen LogP contribution in [0.2, 0.25) is 0 Å². The lowest BCUT2D eigenvalue weighted by Gasteiger charge is -2.23. The maximum Gasteiger partial charge on any atom is 0.241 e. The van der Waals surface area contributed by atoms with E-state index in [0.717, 1.165) is 0 Å². The summed E-state index contributed by atoms with van der Waals surface area (Å²) in [6, 6.07) is 6.33. The summed E-state index contributed by atoms with van der Waals surface area (Å²) in [5.74, 6) is 0.645. The van der Waals surface area contributed by atoms with Crippen molar-refractivity contribution in [3.8, 4) is 5.75 Å². The molecule has 0 aliphatic rings. The molecule has 19 heavy (non-hydrogen) atoms. The Morgan fingerprint density at radius 2 is 1.79 bits per heavy atom. The van der Waals surface area contributed by atoms with E-state index in [-0.39, 0.29) is 17.5 Å². The van der Waals surface area contributed by atoms with E-state index in [4.69, 9.17) is 10.5 Å². The van der Waals surface area contributed by atoms with Crippen LogP contribution in [0.25, 0.3) is 0 Å². The topological polar surface area (TPSA) is 81.4 Å². The van der Waals surface area contributed by atoms with Gasteiger partial charge in [0.15, 0.2) is 0 Å². The van der Waals surface area contributed by atoms with Crippen molar-refractivity contribution in [1.82, 2.24) is 4.72 Å². The zero-order valence-corrected chi connectivity index (χ0v) is 12.6. The molecule has 108 valence electrons. The Morgan fingerprint density at radius 3 is 2.21 bits per heavy atom. The minimum Gasteiger partial charge on any atom is -0.491 e. The van der Waals surface area contributed by atoms with E-state index in [1.165, 1.54) is 12.1 Å². The predicted molar refractivity (Wildman–Crippen MR) is 75.7 cm³/mol. The molecule has 0 aromatic heterocycles. The molecule has 1 aromatic carbocycles. The highest BCUT2D eigenvalue weighted by Crippen LogP contribution is 2.18. The van der Waals surface area contributed by atoms with Gasteiger partial charge in [0.25, 0.3) is 0 Å².